The topological polar surface area (TPSA) is 101 Å². The summed E-state index contributed by atoms with van der Waals surface area (Å²) in [5.74, 6) is -0.00554. The van der Waals surface area contributed by atoms with E-state index in [0.29, 0.717) is 11.1 Å². The van der Waals surface area contributed by atoms with Crippen LogP contribution >= 0.6 is 0 Å². The average Bonchev–Trinajstić information content (AvgIpc) is 3.12. The summed E-state index contributed by atoms with van der Waals surface area (Å²) in [7, 11) is 1.10. The predicted molar refractivity (Wildman–Crippen MR) is 137 cm³/mol. The Kier molecular flexibility index (Phi) is 7.52. The van der Waals surface area contributed by atoms with Gasteiger partial charge in [0.05, 0.1) is 26.1 Å². The van der Waals surface area contributed by atoms with Crippen LogP contribution in [0.1, 0.15) is 29.2 Å². The number of hydrogen-bond donors (Lipinski definition) is 3. The summed E-state index contributed by atoms with van der Waals surface area (Å²) in [6.45, 7) is 2.16. The molecule has 0 saturated carbocycles. The minimum Gasteiger partial charge on any atom is -0.497 e. The Morgan fingerprint density at radius 2 is 1.83 bits per heavy atom. The number of rotatable bonds is 8. The highest BCUT2D eigenvalue weighted by molar-refractivity contribution is 6.61. The number of carbonyl (C=O) groups is 1. The number of allylic oxidation sites excluding steroid dienone is 2. The molecule has 0 aliphatic heterocycles. The molecule has 1 amide bonds. The van der Waals surface area contributed by atoms with Gasteiger partial charge < -0.3 is 24.8 Å². The molecule has 7 nitrogen and oxygen atoms in total. The number of aromatic nitrogens is 1. The molecule has 184 valence electrons. The van der Waals surface area contributed by atoms with E-state index in [1.54, 1.807) is 36.7 Å². The van der Waals surface area contributed by atoms with Gasteiger partial charge >= 0.3 is 7.12 Å². The van der Waals surface area contributed by atoms with Crippen molar-refractivity contribution in [2.45, 2.75) is 13.3 Å². The number of hydrogen-bond acceptors (Lipinski definition) is 6. The fourth-order valence-corrected chi connectivity index (χ4v) is 4.38. The third kappa shape index (κ3) is 5.17. The maximum atomic E-state index is 14.2. The van der Waals surface area contributed by atoms with Crippen LogP contribution in [0.5, 0.6) is 11.5 Å². The fraction of sp³-hybridized carbons (Fsp3) is 0.185. The largest absolute Gasteiger partial charge is 0.497 e. The third-order valence-corrected chi connectivity index (χ3v) is 6.14. The maximum Gasteiger partial charge on any atom is 0.496 e. The molecule has 9 heteroatoms. The summed E-state index contributed by atoms with van der Waals surface area (Å²) in [5.41, 5.74) is 5.72. The summed E-state index contributed by atoms with van der Waals surface area (Å²) in [6.07, 6.45) is 5.39. The molecule has 3 aromatic rings. The van der Waals surface area contributed by atoms with Crippen molar-refractivity contribution in [2.24, 2.45) is 0 Å². The Morgan fingerprint density at radius 1 is 1.11 bits per heavy atom. The molecule has 0 atom stereocenters. The molecule has 0 saturated heterocycles. The molecule has 1 aliphatic carbocycles. The van der Waals surface area contributed by atoms with E-state index in [1.165, 1.54) is 26.4 Å². The zero-order chi connectivity index (χ0) is 25.8. The highest BCUT2D eigenvalue weighted by atomic mass is 19.1. The second kappa shape index (κ2) is 10.8. The van der Waals surface area contributed by atoms with Gasteiger partial charge in [-0.25, -0.2) is 4.39 Å². The van der Waals surface area contributed by atoms with Crippen molar-refractivity contribution in [3.05, 3.63) is 88.5 Å². The van der Waals surface area contributed by atoms with Crippen molar-refractivity contribution >= 4 is 35.7 Å². The van der Waals surface area contributed by atoms with Crippen LogP contribution in [-0.4, -0.2) is 48.8 Å². The van der Waals surface area contributed by atoms with Crippen LogP contribution < -0.4 is 20.3 Å². The zero-order valence-electron chi connectivity index (χ0n) is 20.2. The first-order valence-electron chi connectivity index (χ1n) is 11.3. The maximum absolute atomic E-state index is 14.2. The summed E-state index contributed by atoms with van der Waals surface area (Å²) >= 11 is 0. The van der Waals surface area contributed by atoms with E-state index in [-0.39, 0.29) is 41.7 Å². The molecule has 0 spiro atoms. The lowest BCUT2D eigenvalue weighted by atomic mass is 9.78. The Balaban J connectivity index is 1.69. The van der Waals surface area contributed by atoms with Gasteiger partial charge in [-0.2, -0.15) is 0 Å². The molecule has 0 bridgehead atoms. The first kappa shape index (κ1) is 25.2. The first-order chi connectivity index (χ1) is 17.3. The number of ether oxygens (including phenoxy) is 2. The molecule has 3 N–H and O–H groups in total. The number of benzene rings is 2. The van der Waals surface area contributed by atoms with Gasteiger partial charge in [0.1, 0.15) is 17.3 Å². The number of amides is 1. The second-order valence-electron chi connectivity index (χ2n) is 8.38. The van der Waals surface area contributed by atoms with Gasteiger partial charge in [0.25, 0.3) is 0 Å². The molecule has 1 aliphatic rings. The molecule has 0 radical (unpaired) electrons. The molecule has 0 unspecified atom stereocenters. The van der Waals surface area contributed by atoms with Gasteiger partial charge in [0.2, 0.25) is 5.91 Å². The van der Waals surface area contributed by atoms with Gasteiger partial charge in [-0.15, -0.1) is 0 Å². The van der Waals surface area contributed by atoms with Crippen LogP contribution in [0.4, 0.5) is 4.39 Å². The van der Waals surface area contributed by atoms with Crippen LogP contribution in [0.3, 0.4) is 0 Å². The lowest BCUT2D eigenvalue weighted by molar-refractivity contribution is -0.120. The van der Waals surface area contributed by atoms with Gasteiger partial charge in [-0.3, -0.25) is 9.78 Å². The van der Waals surface area contributed by atoms with Gasteiger partial charge in [0, 0.05) is 18.9 Å². The molecule has 4 rings (SSSR count). The van der Waals surface area contributed by atoms with E-state index < -0.39 is 7.12 Å². The van der Waals surface area contributed by atoms with Crippen LogP contribution in [0.15, 0.2) is 60.4 Å². The van der Waals surface area contributed by atoms with Crippen molar-refractivity contribution in [3.63, 3.8) is 0 Å². The van der Waals surface area contributed by atoms with Crippen LogP contribution in [-0.2, 0) is 11.2 Å². The Labute approximate surface area is 209 Å². The highest BCUT2D eigenvalue weighted by Gasteiger charge is 2.26. The minimum absolute atomic E-state index is 0.125. The van der Waals surface area contributed by atoms with Gasteiger partial charge in [-0.1, -0.05) is 12.1 Å². The number of pyridine rings is 1. The Hall–Kier alpha value is -3.95. The smallest absolute Gasteiger partial charge is 0.496 e. The standard InChI is InChI=1S/C27H26BFN2O5/c1-16-21(9-18-10-24(35-2)27(28(33)34)25(11-18)36-3)20-7-6-19(29)13-22(20)23(16)15-31-26(32)12-17-5-4-8-30-14-17/h4-11,13-14,33-34H,12,15H2,1-3H3,(H,31,32). The Morgan fingerprint density at radius 3 is 2.44 bits per heavy atom. The summed E-state index contributed by atoms with van der Waals surface area (Å²) in [6, 6.07) is 11.5. The lowest BCUT2D eigenvalue weighted by Crippen LogP contribution is -2.32. The first-order valence-corrected chi connectivity index (χ1v) is 11.3. The number of halogens is 1. The van der Waals surface area contributed by atoms with E-state index in [4.69, 9.17) is 9.47 Å². The summed E-state index contributed by atoms with van der Waals surface area (Å²) in [5, 5.41) is 22.4. The number of carbonyl (C=O) groups excluding carboxylic acids is 1. The van der Waals surface area contributed by atoms with Crippen LogP contribution in [0.25, 0.3) is 17.2 Å². The van der Waals surface area contributed by atoms with Crippen LogP contribution in [0, 0.1) is 5.82 Å². The van der Waals surface area contributed by atoms with E-state index in [1.807, 2.05) is 19.1 Å². The summed E-state index contributed by atoms with van der Waals surface area (Å²) in [4.78, 5) is 16.6. The predicted octanol–water partition coefficient (Wildman–Crippen LogP) is 2.60. The average molecular weight is 488 g/mol. The van der Waals surface area contributed by atoms with Crippen molar-refractivity contribution in [1.29, 1.82) is 0 Å². The summed E-state index contributed by atoms with van der Waals surface area (Å²) < 4.78 is 24.9. The van der Waals surface area contributed by atoms with Crippen molar-refractivity contribution in [3.8, 4) is 11.5 Å². The molecule has 1 heterocycles. The van der Waals surface area contributed by atoms with E-state index >= 15 is 0 Å². The molecular formula is C27H26BFN2O5. The number of nitrogens with one attached hydrogen (secondary N) is 1. The molecular weight excluding hydrogens is 462 g/mol. The normalized spacial score (nSPS) is 13.6. The van der Waals surface area contributed by atoms with Gasteiger partial charge in [-0.05, 0) is 82.3 Å². The second-order valence-corrected chi connectivity index (χ2v) is 8.38. The zero-order valence-corrected chi connectivity index (χ0v) is 20.2. The molecule has 1 aromatic heterocycles. The third-order valence-electron chi connectivity index (χ3n) is 6.14. The van der Waals surface area contributed by atoms with Crippen molar-refractivity contribution in [2.75, 3.05) is 20.8 Å². The molecule has 36 heavy (non-hydrogen) atoms. The van der Waals surface area contributed by atoms with E-state index in [2.05, 4.69) is 10.3 Å². The quantitative estimate of drug-likeness (QED) is 0.422. The lowest BCUT2D eigenvalue weighted by Gasteiger charge is -2.14. The molecule has 2 aromatic carbocycles. The molecule has 0 fully saturated rings. The number of methoxy groups -OCH3 is 2. The fourth-order valence-electron chi connectivity index (χ4n) is 4.38. The van der Waals surface area contributed by atoms with E-state index in [0.717, 1.165) is 27.8 Å². The van der Waals surface area contributed by atoms with Crippen LogP contribution in [0.2, 0.25) is 0 Å². The number of nitrogens with zero attached hydrogens (tertiary/aromatic N) is 1. The number of fused-ring (bicyclic) bond motifs is 1. The van der Waals surface area contributed by atoms with E-state index in [9.17, 15) is 19.2 Å². The van der Waals surface area contributed by atoms with Crippen molar-refractivity contribution < 1.29 is 28.7 Å². The Bertz CT molecular complexity index is 1330. The highest BCUT2D eigenvalue weighted by Crippen LogP contribution is 2.42. The SMILES string of the molecule is COc1cc(C=C2C(C)=C(CNC(=O)Cc3cccnc3)c3cc(F)ccc32)cc(OC)c1B(O)O. The van der Waals surface area contributed by atoms with Crippen molar-refractivity contribution in [1.82, 2.24) is 10.3 Å². The monoisotopic (exact) mass is 488 g/mol. The van der Waals surface area contributed by atoms with Gasteiger partial charge in [0.15, 0.2) is 0 Å². The minimum atomic E-state index is -1.77.